The molecule has 21 heavy (non-hydrogen) atoms. The Hall–Kier alpha value is -2.17. The average molecular weight is 287 g/mol. The third-order valence-corrected chi connectivity index (χ3v) is 4.19. The Morgan fingerprint density at radius 2 is 1.62 bits per heavy atom. The number of benzene rings is 1. The van der Waals surface area contributed by atoms with Gasteiger partial charge < -0.3 is 4.74 Å². The maximum absolute atomic E-state index is 12.2. The molecule has 2 fully saturated rings. The Morgan fingerprint density at radius 1 is 1.05 bits per heavy atom. The Morgan fingerprint density at radius 3 is 2.19 bits per heavy atom. The first kappa shape index (κ1) is 13.8. The van der Waals surface area contributed by atoms with E-state index in [9.17, 15) is 14.4 Å². The fourth-order valence-electron chi connectivity index (χ4n) is 3.17. The molecule has 1 saturated carbocycles. The van der Waals surface area contributed by atoms with Crippen molar-refractivity contribution in [2.24, 2.45) is 11.8 Å². The largest absolute Gasteiger partial charge is 0.425 e. The topological polar surface area (TPSA) is 63.7 Å². The molecule has 1 aliphatic heterocycles. The number of carbonyl (C=O) groups excluding carboxylic acids is 3. The minimum atomic E-state index is -0.582. The third kappa shape index (κ3) is 2.68. The summed E-state index contributed by atoms with van der Waals surface area (Å²) in [4.78, 5) is 37.4. The summed E-state index contributed by atoms with van der Waals surface area (Å²) in [5.41, 5.74) is 0. The molecule has 2 amide bonds. The summed E-state index contributed by atoms with van der Waals surface area (Å²) < 4.78 is 5.14. The fraction of sp³-hybridized carbons (Fsp3) is 0.438. The number of imide groups is 1. The van der Waals surface area contributed by atoms with Crippen molar-refractivity contribution in [1.82, 2.24) is 4.90 Å². The van der Waals surface area contributed by atoms with Crippen molar-refractivity contribution < 1.29 is 19.1 Å². The van der Waals surface area contributed by atoms with Gasteiger partial charge >= 0.3 is 5.97 Å². The number of hydrogen-bond donors (Lipinski definition) is 0. The quantitative estimate of drug-likeness (QED) is 0.483. The lowest BCUT2D eigenvalue weighted by molar-refractivity contribution is -0.148. The number of para-hydroxylation sites is 1. The van der Waals surface area contributed by atoms with E-state index in [2.05, 4.69) is 0 Å². The summed E-state index contributed by atoms with van der Waals surface area (Å²) in [5, 5.41) is 0. The van der Waals surface area contributed by atoms with Gasteiger partial charge in [-0.05, 0) is 25.0 Å². The number of likely N-dealkylation sites (tertiary alicyclic amines) is 1. The smallest absolute Gasteiger partial charge is 0.331 e. The van der Waals surface area contributed by atoms with Crippen LogP contribution < -0.4 is 4.74 Å². The maximum Gasteiger partial charge on any atom is 0.331 e. The second-order valence-corrected chi connectivity index (χ2v) is 5.55. The summed E-state index contributed by atoms with van der Waals surface area (Å²) in [6, 6.07) is 8.64. The van der Waals surface area contributed by atoms with Crippen LogP contribution in [0.3, 0.4) is 0 Å². The molecular formula is C16H17NO4. The van der Waals surface area contributed by atoms with Gasteiger partial charge in [0.05, 0.1) is 11.8 Å². The number of carbonyl (C=O) groups is 3. The van der Waals surface area contributed by atoms with Gasteiger partial charge in [0.1, 0.15) is 12.3 Å². The van der Waals surface area contributed by atoms with Crippen molar-refractivity contribution in [3.05, 3.63) is 30.3 Å². The first-order valence-electron chi connectivity index (χ1n) is 7.28. The van der Waals surface area contributed by atoms with Gasteiger partial charge in [-0.3, -0.25) is 14.5 Å². The molecule has 1 heterocycles. The van der Waals surface area contributed by atoms with E-state index in [0.717, 1.165) is 30.6 Å². The lowest BCUT2D eigenvalue weighted by Gasteiger charge is -2.19. The van der Waals surface area contributed by atoms with Gasteiger partial charge in [0.15, 0.2) is 0 Å². The first-order chi connectivity index (χ1) is 10.2. The van der Waals surface area contributed by atoms with E-state index in [1.165, 1.54) is 0 Å². The molecule has 5 heteroatoms. The van der Waals surface area contributed by atoms with Crippen molar-refractivity contribution in [3.8, 4) is 5.75 Å². The highest BCUT2D eigenvalue weighted by molar-refractivity contribution is 6.07. The fourth-order valence-corrected chi connectivity index (χ4v) is 3.17. The monoisotopic (exact) mass is 287 g/mol. The zero-order chi connectivity index (χ0) is 14.8. The molecule has 0 bridgehead atoms. The average Bonchev–Trinajstić information content (AvgIpc) is 2.74. The molecule has 1 saturated heterocycles. The van der Waals surface area contributed by atoms with E-state index in [1.54, 1.807) is 24.3 Å². The van der Waals surface area contributed by atoms with E-state index < -0.39 is 5.97 Å². The molecule has 2 aliphatic rings. The highest BCUT2D eigenvalue weighted by atomic mass is 16.5. The first-order valence-corrected chi connectivity index (χ1v) is 7.28. The number of ether oxygens (including phenoxy) is 1. The van der Waals surface area contributed by atoms with Crippen LogP contribution in [0, 0.1) is 11.8 Å². The third-order valence-electron chi connectivity index (χ3n) is 4.19. The van der Waals surface area contributed by atoms with E-state index >= 15 is 0 Å². The van der Waals surface area contributed by atoms with Crippen LogP contribution in [-0.4, -0.2) is 29.2 Å². The Labute approximate surface area is 122 Å². The Bertz CT molecular complexity index is 545. The minimum Gasteiger partial charge on any atom is -0.425 e. The standard InChI is InChI=1S/C16H17NO4/c18-14(21-11-6-2-1-3-7-11)10-17-15(19)12-8-4-5-9-13(12)16(17)20/h1-3,6-7,12-13H,4-5,8-10H2/t12-,13-/m1/s1. The van der Waals surface area contributed by atoms with Crippen LogP contribution in [0.25, 0.3) is 0 Å². The van der Waals surface area contributed by atoms with Crippen LogP contribution in [0.4, 0.5) is 0 Å². The molecule has 0 unspecified atom stereocenters. The molecule has 3 rings (SSSR count). The summed E-state index contributed by atoms with van der Waals surface area (Å²) >= 11 is 0. The van der Waals surface area contributed by atoms with Crippen LogP contribution in [0.5, 0.6) is 5.75 Å². The highest BCUT2D eigenvalue weighted by Crippen LogP contribution is 2.37. The number of hydrogen-bond acceptors (Lipinski definition) is 4. The molecule has 110 valence electrons. The van der Waals surface area contributed by atoms with E-state index in [1.807, 2.05) is 6.07 Å². The number of rotatable bonds is 3. The van der Waals surface area contributed by atoms with Gasteiger partial charge in [0, 0.05) is 0 Å². The molecule has 2 atom stereocenters. The van der Waals surface area contributed by atoms with Crippen LogP contribution in [-0.2, 0) is 14.4 Å². The van der Waals surface area contributed by atoms with Gasteiger partial charge in [-0.25, -0.2) is 4.79 Å². The van der Waals surface area contributed by atoms with Crippen molar-refractivity contribution in [2.75, 3.05) is 6.54 Å². The van der Waals surface area contributed by atoms with E-state index in [0.29, 0.717) is 5.75 Å². The van der Waals surface area contributed by atoms with Crippen molar-refractivity contribution in [3.63, 3.8) is 0 Å². The maximum atomic E-state index is 12.2. The summed E-state index contributed by atoms with van der Waals surface area (Å²) in [6.45, 7) is -0.292. The molecule has 5 nitrogen and oxygen atoms in total. The van der Waals surface area contributed by atoms with Crippen LogP contribution >= 0.6 is 0 Å². The predicted molar refractivity (Wildman–Crippen MR) is 74.2 cm³/mol. The predicted octanol–water partition coefficient (Wildman–Crippen LogP) is 1.77. The normalized spacial score (nSPS) is 24.9. The lowest BCUT2D eigenvalue weighted by Crippen LogP contribution is -2.37. The summed E-state index contributed by atoms with van der Waals surface area (Å²) in [7, 11) is 0. The zero-order valence-electron chi connectivity index (χ0n) is 11.7. The highest BCUT2D eigenvalue weighted by Gasteiger charge is 2.48. The second-order valence-electron chi connectivity index (χ2n) is 5.55. The second kappa shape index (κ2) is 5.68. The number of esters is 1. The molecule has 0 spiro atoms. The molecule has 0 N–H and O–H groups in total. The van der Waals surface area contributed by atoms with E-state index in [4.69, 9.17) is 4.74 Å². The van der Waals surface area contributed by atoms with Crippen molar-refractivity contribution in [2.45, 2.75) is 25.7 Å². The molecule has 0 aromatic heterocycles. The summed E-state index contributed by atoms with van der Waals surface area (Å²) in [5.74, 6) is -1.04. The van der Waals surface area contributed by atoms with Gasteiger partial charge in [-0.15, -0.1) is 0 Å². The number of amides is 2. The van der Waals surface area contributed by atoms with Crippen LogP contribution in [0.1, 0.15) is 25.7 Å². The molecule has 1 aliphatic carbocycles. The Balaban J connectivity index is 1.66. The van der Waals surface area contributed by atoms with Gasteiger partial charge in [0.2, 0.25) is 11.8 Å². The summed E-state index contributed by atoms with van der Waals surface area (Å²) in [6.07, 6.45) is 3.45. The van der Waals surface area contributed by atoms with Gasteiger partial charge in [-0.2, -0.15) is 0 Å². The molecule has 0 radical (unpaired) electrons. The number of fused-ring (bicyclic) bond motifs is 1. The van der Waals surface area contributed by atoms with Gasteiger partial charge in [-0.1, -0.05) is 31.0 Å². The zero-order valence-corrected chi connectivity index (χ0v) is 11.7. The number of nitrogens with zero attached hydrogens (tertiary/aromatic N) is 1. The Kier molecular flexibility index (Phi) is 3.73. The SMILES string of the molecule is O=C(CN1C(=O)[C@@H]2CCCC[C@H]2C1=O)Oc1ccccc1. The molecule has 1 aromatic carbocycles. The molecular weight excluding hydrogens is 270 g/mol. The lowest BCUT2D eigenvalue weighted by atomic mass is 9.81. The van der Waals surface area contributed by atoms with Crippen LogP contribution in [0.15, 0.2) is 30.3 Å². The van der Waals surface area contributed by atoms with Crippen molar-refractivity contribution in [1.29, 1.82) is 0 Å². The van der Waals surface area contributed by atoms with Crippen molar-refractivity contribution >= 4 is 17.8 Å². The minimum absolute atomic E-state index is 0.213. The van der Waals surface area contributed by atoms with Gasteiger partial charge in [0.25, 0.3) is 0 Å². The molecule has 1 aromatic rings. The van der Waals surface area contributed by atoms with E-state index in [-0.39, 0.29) is 30.2 Å². The van der Waals surface area contributed by atoms with Crippen LogP contribution in [0.2, 0.25) is 0 Å².